The van der Waals surface area contributed by atoms with Crippen molar-refractivity contribution in [1.82, 2.24) is 15.0 Å². The Morgan fingerprint density at radius 1 is 1.17 bits per heavy atom. The number of carbonyl (C=O) groups excluding carboxylic acids is 2. The Bertz CT molecular complexity index is 973. The van der Waals surface area contributed by atoms with E-state index in [1.54, 1.807) is 24.5 Å². The van der Waals surface area contributed by atoms with Crippen molar-refractivity contribution in [1.29, 1.82) is 0 Å². The number of rotatable bonds is 6. The molecule has 0 spiro atoms. The first-order valence-electron chi connectivity index (χ1n) is 10.2. The molecule has 0 unspecified atom stereocenters. The Labute approximate surface area is 185 Å². The van der Waals surface area contributed by atoms with Crippen molar-refractivity contribution in [2.24, 2.45) is 5.92 Å². The van der Waals surface area contributed by atoms with Gasteiger partial charge in [-0.05, 0) is 79.6 Å². The number of thioether (sulfide) groups is 1. The van der Waals surface area contributed by atoms with Gasteiger partial charge in [-0.3, -0.25) is 9.59 Å². The molecule has 2 aromatic rings. The Hall–Kier alpha value is -2.25. The number of anilines is 1. The topological polar surface area (TPSA) is 76.1 Å². The van der Waals surface area contributed by atoms with Crippen molar-refractivity contribution in [3.8, 4) is 0 Å². The van der Waals surface area contributed by atoms with Gasteiger partial charge in [0, 0.05) is 25.5 Å². The van der Waals surface area contributed by atoms with Crippen molar-refractivity contribution in [2.45, 2.75) is 38.5 Å². The molecule has 0 aromatic carbocycles. The number of aryl methyl sites for hydroxylation is 1. The maximum atomic E-state index is 11.8. The quantitative estimate of drug-likeness (QED) is 0.374. The van der Waals surface area contributed by atoms with E-state index in [1.165, 1.54) is 12.0 Å². The minimum atomic E-state index is -0.125. The number of allylic oxidation sites excluding steroid dienone is 1. The Kier molecular flexibility index (Phi) is 6.79. The number of nitrogens with zero attached hydrogens (tertiary/aromatic N) is 4. The van der Waals surface area contributed by atoms with Gasteiger partial charge in [-0.15, -0.1) is 0 Å². The maximum absolute atomic E-state index is 11.8. The summed E-state index contributed by atoms with van der Waals surface area (Å²) in [4.78, 5) is 39.0. The molecular weight excluding hydrogens is 420 g/mol. The SMILES string of the molecule is O=C1CC(=O)/C(=C/c2ccnc(N3CCC(CCCc4ccnc(Cl)c4)CC3)n2)S1. The molecule has 2 aromatic heterocycles. The molecule has 6 nitrogen and oxygen atoms in total. The summed E-state index contributed by atoms with van der Waals surface area (Å²) in [6.45, 7) is 1.86. The molecule has 0 atom stereocenters. The molecule has 2 saturated heterocycles. The van der Waals surface area contributed by atoms with Gasteiger partial charge >= 0.3 is 0 Å². The minimum Gasteiger partial charge on any atom is -0.341 e. The first-order chi connectivity index (χ1) is 14.6. The molecule has 4 heterocycles. The van der Waals surface area contributed by atoms with Crippen LogP contribution in [0.3, 0.4) is 0 Å². The van der Waals surface area contributed by atoms with Crippen LogP contribution in [0.4, 0.5) is 5.95 Å². The van der Waals surface area contributed by atoms with Crippen LogP contribution in [0.15, 0.2) is 35.5 Å². The van der Waals surface area contributed by atoms with Gasteiger partial charge in [-0.1, -0.05) is 11.6 Å². The van der Waals surface area contributed by atoms with E-state index in [-0.39, 0.29) is 17.3 Å². The normalized spacial score (nSPS) is 19.1. The summed E-state index contributed by atoms with van der Waals surface area (Å²) < 4.78 is 0. The molecule has 4 rings (SSSR count). The highest BCUT2D eigenvalue weighted by Gasteiger charge is 2.26. The third-order valence-corrected chi connectivity index (χ3v) is 6.66. The van der Waals surface area contributed by atoms with Crippen LogP contribution >= 0.6 is 23.4 Å². The van der Waals surface area contributed by atoms with Gasteiger partial charge in [0.1, 0.15) is 5.15 Å². The highest BCUT2D eigenvalue weighted by molar-refractivity contribution is 8.18. The van der Waals surface area contributed by atoms with Gasteiger partial charge in [0.25, 0.3) is 0 Å². The molecule has 30 heavy (non-hydrogen) atoms. The molecule has 2 fully saturated rings. The number of aromatic nitrogens is 3. The van der Waals surface area contributed by atoms with Gasteiger partial charge in [0.05, 0.1) is 17.0 Å². The van der Waals surface area contributed by atoms with Crippen molar-refractivity contribution >= 4 is 46.3 Å². The van der Waals surface area contributed by atoms with Crippen molar-refractivity contribution in [2.75, 3.05) is 18.0 Å². The van der Waals surface area contributed by atoms with Gasteiger partial charge in [0.15, 0.2) is 5.78 Å². The van der Waals surface area contributed by atoms with Crippen LogP contribution in [0, 0.1) is 5.92 Å². The zero-order valence-corrected chi connectivity index (χ0v) is 18.2. The van der Waals surface area contributed by atoms with Crippen molar-refractivity contribution in [3.05, 3.63) is 51.9 Å². The predicted octanol–water partition coefficient (Wildman–Crippen LogP) is 4.34. The predicted molar refractivity (Wildman–Crippen MR) is 119 cm³/mol. The van der Waals surface area contributed by atoms with Gasteiger partial charge in [-0.2, -0.15) is 0 Å². The number of Topliss-reactive ketones (excluding diaryl/α,β-unsaturated/α-hetero) is 1. The fraction of sp³-hybridized carbons (Fsp3) is 0.409. The van der Waals surface area contributed by atoms with E-state index in [9.17, 15) is 9.59 Å². The van der Waals surface area contributed by atoms with E-state index in [0.29, 0.717) is 27.6 Å². The van der Waals surface area contributed by atoms with E-state index < -0.39 is 0 Å². The van der Waals surface area contributed by atoms with Crippen LogP contribution in [0.5, 0.6) is 0 Å². The third kappa shape index (κ3) is 5.46. The second-order valence-corrected chi connectivity index (χ2v) is 9.16. The largest absolute Gasteiger partial charge is 0.341 e. The molecule has 156 valence electrons. The number of halogens is 1. The van der Waals surface area contributed by atoms with Crippen LogP contribution in [-0.2, 0) is 16.0 Å². The van der Waals surface area contributed by atoms with E-state index in [0.717, 1.165) is 50.5 Å². The second-order valence-electron chi connectivity index (χ2n) is 7.67. The molecule has 8 heteroatoms. The number of carbonyl (C=O) groups is 2. The lowest BCUT2D eigenvalue weighted by molar-refractivity contribution is -0.119. The fourth-order valence-electron chi connectivity index (χ4n) is 3.89. The number of ketones is 1. The Morgan fingerprint density at radius 2 is 1.97 bits per heavy atom. The number of piperidine rings is 1. The summed E-state index contributed by atoms with van der Waals surface area (Å²) in [6.07, 6.45) is 10.8. The molecule has 0 amide bonds. The van der Waals surface area contributed by atoms with Gasteiger partial charge in [-0.25, -0.2) is 15.0 Å². The molecule has 2 aliphatic rings. The first kappa shape index (κ1) is 21.0. The molecule has 0 N–H and O–H groups in total. The molecule has 0 radical (unpaired) electrons. The average Bonchev–Trinajstić information content (AvgIpc) is 3.05. The molecule has 0 saturated carbocycles. The Balaban J connectivity index is 1.28. The lowest BCUT2D eigenvalue weighted by Crippen LogP contribution is -2.35. The van der Waals surface area contributed by atoms with Crippen LogP contribution in [0.1, 0.15) is 43.4 Å². The summed E-state index contributed by atoms with van der Waals surface area (Å²) >= 11 is 6.96. The second kappa shape index (κ2) is 9.71. The lowest BCUT2D eigenvalue weighted by atomic mass is 9.91. The van der Waals surface area contributed by atoms with Crippen molar-refractivity contribution < 1.29 is 9.59 Å². The van der Waals surface area contributed by atoms with E-state index >= 15 is 0 Å². The average molecular weight is 443 g/mol. The lowest BCUT2D eigenvalue weighted by Gasteiger charge is -2.32. The summed E-state index contributed by atoms with van der Waals surface area (Å²) in [5.74, 6) is 1.28. The van der Waals surface area contributed by atoms with Crippen molar-refractivity contribution in [3.63, 3.8) is 0 Å². The van der Waals surface area contributed by atoms with E-state index in [1.807, 2.05) is 12.1 Å². The van der Waals surface area contributed by atoms with E-state index in [4.69, 9.17) is 11.6 Å². The third-order valence-electron chi connectivity index (χ3n) is 5.51. The monoisotopic (exact) mass is 442 g/mol. The van der Waals surface area contributed by atoms with Crippen LogP contribution in [0.25, 0.3) is 6.08 Å². The van der Waals surface area contributed by atoms with Crippen LogP contribution in [0.2, 0.25) is 5.15 Å². The van der Waals surface area contributed by atoms with Crippen LogP contribution in [-0.4, -0.2) is 38.9 Å². The minimum absolute atomic E-state index is 0.0177. The number of pyridine rings is 1. The van der Waals surface area contributed by atoms with E-state index in [2.05, 4.69) is 19.9 Å². The summed E-state index contributed by atoms with van der Waals surface area (Å²) in [5, 5.41) is 0.454. The smallest absolute Gasteiger partial charge is 0.225 e. The summed E-state index contributed by atoms with van der Waals surface area (Å²) in [7, 11) is 0. The zero-order valence-electron chi connectivity index (χ0n) is 16.6. The highest BCUT2D eigenvalue weighted by atomic mass is 35.5. The van der Waals surface area contributed by atoms with Gasteiger partial charge in [0.2, 0.25) is 11.1 Å². The standard InChI is InChI=1S/C22H23ClN4O2S/c23-20-12-16(4-8-24-20)3-1-2-15-6-10-27(11-7-15)22-25-9-5-17(26-22)13-19-18(28)14-21(29)30-19/h4-5,8-9,12-13,15H,1-3,6-7,10-11,14H2/b19-13-. The maximum Gasteiger partial charge on any atom is 0.225 e. The zero-order chi connectivity index (χ0) is 20.9. The number of hydrogen-bond donors (Lipinski definition) is 0. The molecule has 0 bridgehead atoms. The molecule has 2 aliphatic heterocycles. The summed E-state index contributed by atoms with van der Waals surface area (Å²) in [5.41, 5.74) is 1.91. The fourth-order valence-corrected chi connectivity index (χ4v) is 4.90. The molecule has 0 aliphatic carbocycles. The summed E-state index contributed by atoms with van der Waals surface area (Å²) in [6, 6.07) is 5.74. The number of hydrogen-bond acceptors (Lipinski definition) is 7. The van der Waals surface area contributed by atoms with Gasteiger partial charge < -0.3 is 4.90 Å². The molecular formula is C22H23ClN4O2S. The highest BCUT2D eigenvalue weighted by Crippen LogP contribution is 2.31. The Morgan fingerprint density at radius 3 is 2.70 bits per heavy atom. The first-order valence-corrected chi connectivity index (χ1v) is 11.4. The van der Waals surface area contributed by atoms with Crippen LogP contribution < -0.4 is 4.90 Å².